The van der Waals surface area contributed by atoms with Crippen LogP contribution in [-0.4, -0.2) is 8.42 Å². The highest BCUT2D eigenvalue weighted by atomic mass is 79.9. The van der Waals surface area contributed by atoms with Crippen molar-refractivity contribution in [3.8, 4) is 5.75 Å². The Morgan fingerprint density at radius 1 is 1.05 bits per heavy atom. The van der Waals surface area contributed by atoms with Crippen LogP contribution in [0.1, 0.15) is 5.56 Å². The van der Waals surface area contributed by atoms with Gasteiger partial charge < -0.3 is 4.74 Å². The molecule has 3 nitrogen and oxygen atoms in total. The number of hydrogen-bond donors (Lipinski definition) is 0. The van der Waals surface area contributed by atoms with E-state index in [1.807, 2.05) is 24.3 Å². The lowest BCUT2D eigenvalue weighted by atomic mass is 10.2. The quantitative estimate of drug-likeness (QED) is 0.503. The first-order valence-electron chi connectivity index (χ1n) is 5.58. The molecule has 0 aliphatic carbocycles. The summed E-state index contributed by atoms with van der Waals surface area (Å²) in [7, 11) is 1.54. The number of rotatable bonds is 4. The molecule has 0 saturated heterocycles. The topological polar surface area (TPSA) is 43.4 Å². The molecule has 0 radical (unpaired) electrons. The van der Waals surface area contributed by atoms with Crippen molar-refractivity contribution >= 4 is 67.5 Å². The predicted octanol–water partition coefficient (Wildman–Crippen LogP) is 5.48. The van der Waals surface area contributed by atoms with Crippen LogP contribution < -0.4 is 4.74 Å². The van der Waals surface area contributed by atoms with E-state index in [2.05, 4.69) is 47.8 Å². The molecule has 0 fully saturated rings. The van der Waals surface area contributed by atoms with Crippen LogP contribution in [0.25, 0.3) is 0 Å². The van der Waals surface area contributed by atoms with Gasteiger partial charge in [0.1, 0.15) is 12.4 Å². The van der Waals surface area contributed by atoms with Crippen molar-refractivity contribution in [1.29, 1.82) is 0 Å². The second kappa shape index (κ2) is 7.00. The van der Waals surface area contributed by atoms with Crippen molar-refractivity contribution in [2.24, 2.45) is 0 Å². The van der Waals surface area contributed by atoms with Gasteiger partial charge in [0.2, 0.25) is 0 Å². The van der Waals surface area contributed by atoms with E-state index in [9.17, 15) is 8.42 Å². The fourth-order valence-electron chi connectivity index (χ4n) is 1.60. The van der Waals surface area contributed by atoms with Gasteiger partial charge in [-0.05, 0) is 61.7 Å². The molecule has 0 aliphatic heterocycles. The first kappa shape index (κ1) is 17.3. The third-order valence-electron chi connectivity index (χ3n) is 2.53. The highest BCUT2D eigenvalue weighted by molar-refractivity contribution is 9.11. The molecule has 0 atom stereocenters. The fraction of sp³-hybridized carbons (Fsp3) is 0.0769. The average Bonchev–Trinajstić information content (AvgIpc) is 2.36. The summed E-state index contributed by atoms with van der Waals surface area (Å²) in [5.74, 6) is 0.513. The molecule has 0 aromatic heterocycles. The summed E-state index contributed by atoms with van der Waals surface area (Å²) in [5.41, 5.74) is 0.984. The largest absolute Gasteiger partial charge is 0.487 e. The van der Waals surface area contributed by atoms with E-state index in [-0.39, 0.29) is 4.90 Å². The van der Waals surface area contributed by atoms with Crippen molar-refractivity contribution in [3.05, 3.63) is 55.4 Å². The van der Waals surface area contributed by atoms with Gasteiger partial charge in [-0.3, -0.25) is 0 Å². The van der Waals surface area contributed by atoms with Crippen molar-refractivity contribution in [1.82, 2.24) is 0 Å². The van der Waals surface area contributed by atoms with Gasteiger partial charge in [-0.15, -0.1) is 0 Å². The van der Waals surface area contributed by atoms with E-state index in [1.54, 1.807) is 0 Å². The second-order valence-corrected chi connectivity index (χ2v) is 9.26. The van der Waals surface area contributed by atoms with E-state index < -0.39 is 9.05 Å². The molecule has 2 aromatic carbocycles. The lowest BCUT2D eigenvalue weighted by Crippen LogP contribution is -1.99. The molecule has 0 aliphatic rings. The average molecular weight is 519 g/mol. The molecule has 0 bridgehead atoms. The summed E-state index contributed by atoms with van der Waals surface area (Å²) < 4.78 is 30.4. The summed E-state index contributed by atoms with van der Waals surface area (Å²) in [6.45, 7) is 0.351. The molecule has 21 heavy (non-hydrogen) atoms. The van der Waals surface area contributed by atoms with Crippen LogP contribution in [-0.2, 0) is 15.7 Å². The summed E-state index contributed by atoms with van der Waals surface area (Å²) in [6, 6.07) is 10.5. The maximum atomic E-state index is 11.3. The Labute approximate surface area is 152 Å². The molecule has 112 valence electrons. The number of halogens is 4. The maximum absolute atomic E-state index is 11.3. The molecule has 0 heterocycles. The summed E-state index contributed by atoms with van der Waals surface area (Å²) in [6.07, 6.45) is 0. The van der Waals surface area contributed by atoms with Crippen molar-refractivity contribution in [2.45, 2.75) is 11.5 Å². The van der Waals surface area contributed by atoms with E-state index in [0.717, 1.165) is 10.0 Å². The Hall–Kier alpha value is -0.0800. The van der Waals surface area contributed by atoms with Gasteiger partial charge in [-0.2, -0.15) is 0 Å². The molecule has 0 spiro atoms. The molecule has 0 amide bonds. The monoisotopic (exact) mass is 516 g/mol. The summed E-state index contributed by atoms with van der Waals surface area (Å²) >= 11 is 9.98. The van der Waals surface area contributed by atoms with E-state index in [4.69, 9.17) is 15.4 Å². The third-order valence-corrected chi connectivity index (χ3v) is 5.53. The lowest BCUT2D eigenvalue weighted by molar-refractivity contribution is 0.302. The van der Waals surface area contributed by atoms with Crippen LogP contribution in [0, 0.1) is 0 Å². The first-order valence-corrected chi connectivity index (χ1v) is 10.3. The zero-order chi connectivity index (χ0) is 15.6. The van der Waals surface area contributed by atoms with Gasteiger partial charge in [-0.25, -0.2) is 8.42 Å². The molecule has 0 N–H and O–H groups in total. The minimum absolute atomic E-state index is 0.00211. The van der Waals surface area contributed by atoms with Crippen molar-refractivity contribution < 1.29 is 13.2 Å². The molecule has 0 unspecified atom stereocenters. The normalized spacial score (nSPS) is 11.4. The Morgan fingerprint density at radius 2 is 1.67 bits per heavy atom. The molecule has 2 aromatic rings. The minimum atomic E-state index is -3.79. The molecule has 2 rings (SSSR count). The first-order chi connectivity index (χ1) is 9.77. The Balaban J connectivity index is 2.25. The highest BCUT2D eigenvalue weighted by Crippen LogP contribution is 2.37. The third kappa shape index (κ3) is 4.69. The van der Waals surface area contributed by atoms with Gasteiger partial charge in [0.05, 0.1) is 13.8 Å². The van der Waals surface area contributed by atoms with E-state index in [1.165, 1.54) is 12.1 Å². The standard InChI is InChI=1S/C13H8Br3ClO3S/c14-9-3-1-2-8(4-9)7-20-13-11(15)5-10(6-12(13)16)21(17,18)19/h1-6H,7H2. The van der Waals surface area contributed by atoms with Crippen LogP contribution in [0.5, 0.6) is 5.75 Å². The lowest BCUT2D eigenvalue weighted by Gasteiger charge is -2.11. The molecular weight excluding hydrogens is 511 g/mol. The van der Waals surface area contributed by atoms with E-state index in [0.29, 0.717) is 21.3 Å². The number of benzene rings is 2. The Kier molecular flexibility index (Phi) is 5.76. The van der Waals surface area contributed by atoms with Gasteiger partial charge in [0.25, 0.3) is 9.05 Å². The molecule has 8 heteroatoms. The van der Waals surface area contributed by atoms with Crippen LogP contribution in [0.3, 0.4) is 0 Å². The highest BCUT2D eigenvalue weighted by Gasteiger charge is 2.16. The van der Waals surface area contributed by atoms with Crippen LogP contribution in [0.2, 0.25) is 0 Å². The number of hydrogen-bond acceptors (Lipinski definition) is 3. The Morgan fingerprint density at radius 3 is 2.19 bits per heavy atom. The summed E-state index contributed by atoms with van der Waals surface area (Å²) in [4.78, 5) is -0.00211. The Bertz CT molecular complexity index is 755. The minimum Gasteiger partial charge on any atom is -0.487 e. The van der Waals surface area contributed by atoms with Crippen LogP contribution >= 0.6 is 58.5 Å². The fourth-order valence-corrected chi connectivity index (χ4v) is 4.55. The van der Waals surface area contributed by atoms with Crippen LogP contribution in [0.15, 0.2) is 54.7 Å². The number of ether oxygens (including phenoxy) is 1. The van der Waals surface area contributed by atoms with Gasteiger partial charge in [-0.1, -0.05) is 28.1 Å². The van der Waals surface area contributed by atoms with Crippen molar-refractivity contribution in [3.63, 3.8) is 0 Å². The van der Waals surface area contributed by atoms with Gasteiger partial charge >= 0.3 is 0 Å². The molecular formula is C13H8Br3ClO3S. The van der Waals surface area contributed by atoms with E-state index >= 15 is 0 Å². The second-order valence-electron chi connectivity index (χ2n) is 4.07. The predicted molar refractivity (Wildman–Crippen MR) is 93.4 cm³/mol. The SMILES string of the molecule is O=S(=O)(Cl)c1cc(Br)c(OCc2cccc(Br)c2)c(Br)c1. The molecule has 0 saturated carbocycles. The zero-order valence-corrected chi connectivity index (χ0v) is 16.6. The maximum Gasteiger partial charge on any atom is 0.261 e. The van der Waals surface area contributed by atoms with Crippen LogP contribution in [0.4, 0.5) is 0 Å². The van der Waals surface area contributed by atoms with Crippen molar-refractivity contribution in [2.75, 3.05) is 0 Å². The zero-order valence-electron chi connectivity index (χ0n) is 10.3. The van der Waals surface area contributed by atoms with Gasteiger partial charge in [0.15, 0.2) is 0 Å². The van der Waals surface area contributed by atoms with Gasteiger partial charge in [0, 0.05) is 15.2 Å². The smallest absolute Gasteiger partial charge is 0.261 e. The summed E-state index contributed by atoms with van der Waals surface area (Å²) in [5, 5.41) is 0.